The van der Waals surface area contributed by atoms with Crippen LogP contribution in [0.1, 0.15) is 32.1 Å². The lowest BCUT2D eigenvalue weighted by Crippen LogP contribution is -2.45. The number of fused-ring (bicyclic) bond motifs is 1. The third-order valence-electron chi connectivity index (χ3n) is 5.72. The van der Waals surface area contributed by atoms with E-state index in [4.69, 9.17) is 17.4 Å². The molecule has 1 aliphatic carbocycles. The van der Waals surface area contributed by atoms with Crippen LogP contribution in [0.15, 0.2) is 29.4 Å². The first-order valence-corrected chi connectivity index (χ1v) is 10.8. The van der Waals surface area contributed by atoms with Gasteiger partial charge in [0.15, 0.2) is 5.82 Å². The van der Waals surface area contributed by atoms with Gasteiger partial charge in [0.05, 0.1) is 5.75 Å². The first kappa shape index (κ1) is 18.6. The highest BCUT2D eigenvalue weighted by atomic mass is 35.5. The molecule has 144 valence electrons. The number of piperidine rings is 1. The predicted molar refractivity (Wildman–Crippen MR) is 108 cm³/mol. The number of carbonyl (C=O) groups excluding carboxylic acids is 1. The maximum Gasteiger partial charge on any atom is 0.233 e. The number of nitrogens with two attached hydrogens (primary N) is 1. The standard InChI is InChI=1S/C19H24ClN5OS/c20-16-7-3-6-14(10-16)18-22-23-19(25(18)21)27-12-17(26)24-9-8-13-4-1-2-5-15(13)11-24/h3,6-7,10,13,15H,1-2,4-5,8-9,11-12,21H2/t13-,15+/m0/s1. The molecule has 0 bridgehead atoms. The fourth-order valence-corrected chi connectivity index (χ4v) is 5.19. The van der Waals surface area contributed by atoms with Crippen molar-refractivity contribution in [3.63, 3.8) is 0 Å². The van der Waals surface area contributed by atoms with Crippen molar-refractivity contribution in [2.75, 3.05) is 24.7 Å². The summed E-state index contributed by atoms with van der Waals surface area (Å²) in [5, 5.41) is 9.45. The molecule has 1 aromatic heterocycles. The molecular weight excluding hydrogens is 382 g/mol. The SMILES string of the molecule is Nn1c(SCC(=O)N2CC[C@@H]3CCCC[C@@H]3C2)nnc1-c1cccc(Cl)c1. The predicted octanol–water partition coefficient (Wildman–Crippen LogP) is 3.44. The van der Waals surface area contributed by atoms with Crippen molar-refractivity contribution in [1.82, 2.24) is 19.8 Å². The largest absolute Gasteiger partial charge is 0.342 e. The van der Waals surface area contributed by atoms with Crippen LogP contribution in [0.5, 0.6) is 0 Å². The average molecular weight is 406 g/mol. The Hall–Kier alpha value is -1.73. The number of rotatable bonds is 4. The maximum atomic E-state index is 12.7. The molecule has 0 radical (unpaired) electrons. The van der Waals surface area contributed by atoms with Crippen molar-refractivity contribution in [3.8, 4) is 11.4 Å². The number of benzene rings is 1. The van der Waals surface area contributed by atoms with E-state index in [2.05, 4.69) is 10.2 Å². The molecule has 8 heteroatoms. The van der Waals surface area contributed by atoms with Crippen molar-refractivity contribution < 1.29 is 4.79 Å². The molecule has 1 aromatic carbocycles. The molecule has 0 unspecified atom stereocenters. The highest BCUT2D eigenvalue weighted by Gasteiger charge is 2.32. The van der Waals surface area contributed by atoms with E-state index in [9.17, 15) is 4.79 Å². The number of aromatic nitrogens is 3. The summed E-state index contributed by atoms with van der Waals surface area (Å²) < 4.78 is 1.43. The van der Waals surface area contributed by atoms with E-state index in [-0.39, 0.29) is 5.91 Å². The summed E-state index contributed by atoms with van der Waals surface area (Å²) in [6.45, 7) is 1.79. The van der Waals surface area contributed by atoms with Gasteiger partial charge < -0.3 is 10.7 Å². The van der Waals surface area contributed by atoms with E-state index in [1.807, 2.05) is 17.0 Å². The Kier molecular flexibility index (Phi) is 5.59. The Bertz CT molecular complexity index is 826. The summed E-state index contributed by atoms with van der Waals surface area (Å²) in [6.07, 6.45) is 6.41. The van der Waals surface area contributed by atoms with Gasteiger partial charge in [-0.1, -0.05) is 54.8 Å². The molecule has 2 atom stereocenters. The first-order valence-electron chi connectivity index (χ1n) is 9.49. The van der Waals surface area contributed by atoms with Crippen LogP contribution in [0.3, 0.4) is 0 Å². The summed E-state index contributed by atoms with van der Waals surface area (Å²) in [5.74, 6) is 8.69. The van der Waals surface area contributed by atoms with Gasteiger partial charge in [-0.25, -0.2) is 4.68 Å². The van der Waals surface area contributed by atoms with Crippen LogP contribution < -0.4 is 5.84 Å². The van der Waals surface area contributed by atoms with Gasteiger partial charge in [0, 0.05) is 23.7 Å². The van der Waals surface area contributed by atoms with Gasteiger partial charge in [-0.15, -0.1) is 10.2 Å². The zero-order chi connectivity index (χ0) is 18.8. The van der Waals surface area contributed by atoms with Crippen LogP contribution in [0.25, 0.3) is 11.4 Å². The Labute approximate surface area is 168 Å². The number of hydrogen-bond donors (Lipinski definition) is 1. The van der Waals surface area contributed by atoms with E-state index in [0.717, 1.165) is 31.0 Å². The smallest absolute Gasteiger partial charge is 0.233 e. The minimum atomic E-state index is 0.163. The number of amides is 1. The molecular formula is C19H24ClN5OS. The molecule has 6 nitrogen and oxygen atoms in total. The number of thioether (sulfide) groups is 1. The molecule has 1 aliphatic heterocycles. The summed E-state index contributed by atoms with van der Waals surface area (Å²) in [7, 11) is 0. The zero-order valence-electron chi connectivity index (χ0n) is 15.2. The van der Waals surface area contributed by atoms with Gasteiger partial charge >= 0.3 is 0 Å². The van der Waals surface area contributed by atoms with Crippen LogP contribution in [0.2, 0.25) is 5.02 Å². The topological polar surface area (TPSA) is 77.0 Å². The van der Waals surface area contributed by atoms with Crippen molar-refractivity contribution in [2.45, 2.75) is 37.3 Å². The third kappa shape index (κ3) is 4.09. The van der Waals surface area contributed by atoms with Gasteiger partial charge in [0.25, 0.3) is 0 Å². The first-order chi connectivity index (χ1) is 13.1. The molecule has 1 amide bonds. The van der Waals surface area contributed by atoms with Crippen LogP contribution >= 0.6 is 23.4 Å². The Balaban J connectivity index is 1.37. The lowest BCUT2D eigenvalue weighted by molar-refractivity contribution is -0.131. The van der Waals surface area contributed by atoms with Gasteiger partial charge in [-0.05, 0) is 36.8 Å². The number of hydrogen-bond acceptors (Lipinski definition) is 5. The monoisotopic (exact) mass is 405 g/mol. The molecule has 2 fully saturated rings. The number of nitrogen functional groups attached to an aromatic ring is 1. The van der Waals surface area contributed by atoms with Gasteiger partial charge in [-0.3, -0.25) is 4.79 Å². The minimum Gasteiger partial charge on any atom is -0.342 e. The summed E-state index contributed by atoms with van der Waals surface area (Å²) >= 11 is 7.38. The van der Waals surface area contributed by atoms with Crippen LogP contribution in [0, 0.1) is 11.8 Å². The number of halogens is 1. The number of nitrogens with zero attached hydrogens (tertiary/aromatic N) is 4. The molecule has 27 heavy (non-hydrogen) atoms. The molecule has 2 aromatic rings. The lowest BCUT2D eigenvalue weighted by atomic mass is 9.75. The van der Waals surface area contributed by atoms with E-state index in [1.165, 1.54) is 42.1 Å². The fraction of sp³-hybridized carbons (Fsp3) is 0.526. The Morgan fingerprint density at radius 1 is 1.22 bits per heavy atom. The van der Waals surface area contributed by atoms with Crippen LogP contribution in [0.4, 0.5) is 0 Å². The lowest BCUT2D eigenvalue weighted by Gasteiger charge is -2.41. The number of carbonyl (C=O) groups is 1. The molecule has 2 heterocycles. The van der Waals surface area contributed by atoms with Crippen molar-refractivity contribution in [3.05, 3.63) is 29.3 Å². The summed E-state index contributed by atoms with van der Waals surface area (Å²) in [5.41, 5.74) is 0.801. The highest BCUT2D eigenvalue weighted by Crippen LogP contribution is 2.36. The maximum absolute atomic E-state index is 12.7. The van der Waals surface area contributed by atoms with Crippen molar-refractivity contribution in [1.29, 1.82) is 0 Å². The molecule has 1 saturated carbocycles. The van der Waals surface area contributed by atoms with Gasteiger partial charge in [0.1, 0.15) is 0 Å². The average Bonchev–Trinajstić information content (AvgIpc) is 3.06. The van der Waals surface area contributed by atoms with E-state index < -0.39 is 0 Å². The Morgan fingerprint density at radius 2 is 2.04 bits per heavy atom. The second-order valence-electron chi connectivity index (χ2n) is 7.41. The normalized spacial score (nSPS) is 22.5. The second kappa shape index (κ2) is 8.10. The van der Waals surface area contributed by atoms with Gasteiger partial charge in [0.2, 0.25) is 11.1 Å². The molecule has 2 aliphatic rings. The molecule has 1 saturated heterocycles. The third-order valence-corrected chi connectivity index (χ3v) is 6.88. The Morgan fingerprint density at radius 3 is 2.85 bits per heavy atom. The zero-order valence-corrected chi connectivity index (χ0v) is 16.8. The highest BCUT2D eigenvalue weighted by molar-refractivity contribution is 7.99. The van der Waals surface area contributed by atoms with E-state index >= 15 is 0 Å². The van der Waals surface area contributed by atoms with Crippen molar-refractivity contribution >= 4 is 29.3 Å². The second-order valence-corrected chi connectivity index (χ2v) is 8.79. The quantitative estimate of drug-likeness (QED) is 0.622. The van der Waals surface area contributed by atoms with E-state index in [1.54, 1.807) is 12.1 Å². The molecule has 2 N–H and O–H groups in total. The van der Waals surface area contributed by atoms with Gasteiger partial charge in [-0.2, -0.15) is 0 Å². The summed E-state index contributed by atoms with van der Waals surface area (Å²) in [6, 6.07) is 7.32. The number of likely N-dealkylation sites (tertiary alicyclic amines) is 1. The van der Waals surface area contributed by atoms with E-state index in [0.29, 0.717) is 27.7 Å². The molecule has 4 rings (SSSR count). The fourth-order valence-electron chi connectivity index (χ4n) is 4.24. The van der Waals surface area contributed by atoms with Crippen molar-refractivity contribution in [2.24, 2.45) is 11.8 Å². The summed E-state index contributed by atoms with van der Waals surface area (Å²) in [4.78, 5) is 14.7. The molecule has 0 spiro atoms. The van der Waals surface area contributed by atoms with Crippen LogP contribution in [-0.4, -0.2) is 44.5 Å². The van der Waals surface area contributed by atoms with Crippen LogP contribution in [-0.2, 0) is 4.79 Å². The minimum absolute atomic E-state index is 0.163.